The molecule has 0 aromatic heterocycles. The van der Waals surface area contributed by atoms with Gasteiger partial charge in [-0.25, -0.2) is 8.78 Å². The summed E-state index contributed by atoms with van der Waals surface area (Å²) < 4.78 is 31.3. The molecule has 0 amide bonds. The summed E-state index contributed by atoms with van der Waals surface area (Å²) in [6, 6.07) is 2.89. The van der Waals surface area contributed by atoms with Crippen LogP contribution >= 0.6 is 0 Å². The van der Waals surface area contributed by atoms with Gasteiger partial charge in [0.25, 0.3) is 0 Å². The standard InChI is InChI=1S/C14H18F2O3/c1-3-5-11(14(18)19-4-2)13(17)10-7-6-9(15)8-12(10)16/h6-8,11,13,17H,3-5H2,1-2H3. The van der Waals surface area contributed by atoms with E-state index in [0.29, 0.717) is 18.9 Å². The van der Waals surface area contributed by atoms with Crippen molar-refractivity contribution in [2.75, 3.05) is 6.61 Å². The van der Waals surface area contributed by atoms with Crippen LogP contribution in [-0.2, 0) is 9.53 Å². The van der Waals surface area contributed by atoms with Crippen molar-refractivity contribution in [3.8, 4) is 0 Å². The van der Waals surface area contributed by atoms with Gasteiger partial charge >= 0.3 is 5.97 Å². The van der Waals surface area contributed by atoms with E-state index in [4.69, 9.17) is 4.74 Å². The van der Waals surface area contributed by atoms with Gasteiger partial charge in [0, 0.05) is 11.6 Å². The SMILES string of the molecule is CCCC(C(=O)OCC)C(O)c1ccc(F)cc1F. The molecule has 0 aliphatic carbocycles. The molecule has 0 spiro atoms. The Bertz CT molecular complexity index is 435. The molecule has 0 saturated carbocycles. The number of ether oxygens (including phenoxy) is 1. The Morgan fingerprint density at radius 1 is 1.37 bits per heavy atom. The lowest BCUT2D eigenvalue weighted by molar-refractivity contribution is -0.152. The summed E-state index contributed by atoms with van der Waals surface area (Å²) in [5.41, 5.74) is -0.0899. The molecule has 0 heterocycles. The van der Waals surface area contributed by atoms with Gasteiger partial charge in [0.05, 0.1) is 18.6 Å². The highest BCUT2D eigenvalue weighted by Crippen LogP contribution is 2.29. The molecule has 1 N–H and O–H groups in total. The van der Waals surface area contributed by atoms with Crippen molar-refractivity contribution in [1.29, 1.82) is 0 Å². The Hall–Kier alpha value is -1.49. The highest BCUT2D eigenvalue weighted by molar-refractivity contribution is 5.73. The Balaban J connectivity index is 2.98. The fourth-order valence-corrected chi connectivity index (χ4v) is 1.92. The van der Waals surface area contributed by atoms with E-state index in [0.717, 1.165) is 12.1 Å². The third kappa shape index (κ3) is 3.99. The zero-order valence-corrected chi connectivity index (χ0v) is 11.0. The van der Waals surface area contributed by atoms with Crippen LogP contribution in [0.3, 0.4) is 0 Å². The molecule has 1 aromatic carbocycles. The molecule has 19 heavy (non-hydrogen) atoms. The number of benzene rings is 1. The highest BCUT2D eigenvalue weighted by Gasteiger charge is 2.30. The smallest absolute Gasteiger partial charge is 0.311 e. The lowest BCUT2D eigenvalue weighted by Crippen LogP contribution is -2.25. The minimum Gasteiger partial charge on any atom is -0.466 e. The van der Waals surface area contributed by atoms with E-state index in [1.165, 1.54) is 0 Å². The Kier molecular flexibility index (Phi) is 5.89. The van der Waals surface area contributed by atoms with Gasteiger partial charge in [-0.1, -0.05) is 19.4 Å². The number of hydrogen-bond donors (Lipinski definition) is 1. The van der Waals surface area contributed by atoms with Crippen molar-refractivity contribution < 1.29 is 23.4 Å². The van der Waals surface area contributed by atoms with E-state index in [1.807, 2.05) is 6.92 Å². The lowest BCUT2D eigenvalue weighted by Gasteiger charge is -2.21. The normalized spacial score (nSPS) is 13.9. The fraction of sp³-hybridized carbons (Fsp3) is 0.500. The summed E-state index contributed by atoms with van der Waals surface area (Å²) in [5, 5.41) is 10.1. The van der Waals surface area contributed by atoms with Gasteiger partial charge < -0.3 is 9.84 Å². The van der Waals surface area contributed by atoms with E-state index < -0.39 is 29.6 Å². The number of carbonyl (C=O) groups excluding carboxylic acids is 1. The molecule has 0 fully saturated rings. The highest BCUT2D eigenvalue weighted by atomic mass is 19.1. The van der Waals surface area contributed by atoms with Crippen molar-refractivity contribution in [2.24, 2.45) is 5.92 Å². The monoisotopic (exact) mass is 272 g/mol. The first-order valence-corrected chi connectivity index (χ1v) is 6.30. The Labute approximate surface area is 111 Å². The average molecular weight is 272 g/mol. The number of aliphatic hydroxyl groups excluding tert-OH is 1. The number of esters is 1. The first-order valence-electron chi connectivity index (χ1n) is 6.30. The largest absolute Gasteiger partial charge is 0.466 e. The van der Waals surface area contributed by atoms with Crippen LogP contribution in [0.1, 0.15) is 38.4 Å². The minimum atomic E-state index is -1.33. The van der Waals surface area contributed by atoms with Crippen LogP contribution in [0.2, 0.25) is 0 Å². The van der Waals surface area contributed by atoms with Crippen molar-refractivity contribution in [3.05, 3.63) is 35.4 Å². The molecule has 0 radical (unpaired) electrons. The van der Waals surface area contributed by atoms with Crippen LogP contribution in [0, 0.1) is 17.6 Å². The first kappa shape index (κ1) is 15.6. The van der Waals surface area contributed by atoms with Gasteiger partial charge in [-0.2, -0.15) is 0 Å². The molecular formula is C14H18F2O3. The molecule has 106 valence electrons. The van der Waals surface area contributed by atoms with Gasteiger partial charge in [0.15, 0.2) is 0 Å². The third-order valence-corrected chi connectivity index (χ3v) is 2.85. The average Bonchev–Trinajstić information content (AvgIpc) is 2.35. The third-order valence-electron chi connectivity index (χ3n) is 2.85. The summed E-state index contributed by atoms with van der Waals surface area (Å²) in [4.78, 5) is 11.7. The number of carbonyl (C=O) groups is 1. The Morgan fingerprint density at radius 2 is 2.05 bits per heavy atom. The molecule has 0 saturated heterocycles. The maximum atomic E-state index is 13.6. The van der Waals surface area contributed by atoms with Crippen LogP contribution in [-0.4, -0.2) is 17.7 Å². The number of aliphatic hydroxyl groups is 1. The molecule has 3 nitrogen and oxygen atoms in total. The quantitative estimate of drug-likeness (QED) is 0.810. The van der Waals surface area contributed by atoms with Crippen molar-refractivity contribution >= 4 is 5.97 Å². The van der Waals surface area contributed by atoms with Crippen LogP contribution in [0.15, 0.2) is 18.2 Å². The second-order valence-electron chi connectivity index (χ2n) is 4.26. The van der Waals surface area contributed by atoms with Gasteiger partial charge in [-0.15, -0.1) is 0 Å². The Morgan fingerprint density at radius 3 is 2.58 bits per heavy atom. The van der Waals surface area contributed by atoms with Gasteiger partial charge in [0.2, 0.25) is 0 Å². The van der Waals surface area contributed by atoms with Gasteiger partial charge in [0.1, 0.15) is 11.6 Å². The number of halogens is 2. The first-order chi connectivity index (χ1) is 9.01. The molecule has 2 atom stereocenters. The molecule has 1 aromatic rings. The van der Waals surface area contributed by atoms with E-state index in [9.17, 15) is 18.7 Å². The predicted molar refractivity (Wildman–Crippen MR) is 66.3 cm³/mol. The van der Waals surface area contributed by atoms with E-state index in [1.54, 1.807) is 6.92 Å². The zero-order valence-electron chi connectivity index (χ0n) is 11.0. The molecule has 0 aliphatic rings. The molecule has 0 aliphatic heterocycles. The van der Waals surface area contributed by atoms with Crippen molar-refractivity contribution in [2.45, 2.75) is 32.8 Å². The fourth-order valence-electron chi connectivity index (χ4n) is 1.92. The summed E-state index contributed by atoms with van der Waals surface area (Å²) in [6.45, 7) is 3.70. The van der Waals surface area contributed by atoms with E-state index in [2.05, 4.69) is 0 Å². The summed E-state index contributed by atoms with van der Waals surface area (Å²) >= 11 is 0. The molecule has 0 bridgehead atoms. The molecule has 2 unspecified atom stereocenters. The number of hydrogen-bond acceptors (Lipinski definition) is 3. The van der Waals surface area contributed by atoms with Gasteiger partial charge in [-0.05, 0) is 19.4 Å². The van der Waals surface area contributed by atoms with E-state index >= 15 is 0 Å². The number of rotatable bonds is 6. The molecule has 5 heteroatoms. The predicted octanol–water partition coefficient (Wildman–Crippen LogP) is 2.98. The second-order valence-corrected chi connectivity index (χ2v) is 4.26. The summed E-state index contributed by atoms with van der Waals surface area (Å²) in [6.07, 6.45) is -0.320. The second kappa shape index (κ2) is 7.19. The van der Waals surface area contributed by atoms with Crippen molar-refractivity contribution in [3.63, 3.8) is 0 Å². The van der Waals surface area contributed by atoms with Crippen LogP contribution in [0.5, 0.6) is 0 Å². The van der Waals surface area contributed by atoms with Gasteiger partial charge in [-0.3, -0.25) is 4.79 Å². The van der Waals surface area contributed by atoms with Crippen LogP contribution in [0.4, 0.5) is 8.78 Å². The van der Waals surface area contributed by atoms with Crippen LogP contribution < -0.4 is 0 Å². The maximum absolute atomic E-state index is 13.6. The van der Waals surface area contributed by atoms with E-state index in [-0.39, 0.29) is 12.2 Å². The summed E-state index contributed by atoms with van der Waals surface area (Å²) in [7, 11) is 0. The minimum absolute atomic E-state index is 0.0899. The summed E-state index contributed by atoms with van der Waals surface area (Å²) in [5.74, 6) is -3.00. The topological polar surface area (TPSA) is 46.5 Å². The zero-order chi connectivity index (χ0) is 14.4. The molecule has 1 rings (SSSR count). The van der Waals surface area contributed by atoms with Crippen LogP contribution in [0.25, 0.3) is 0 Å². The molecular weight excluding hydrogens is 254 g/mol. The maximum Gasteiger partial charge on any atom is 0.311 e. The van der Waals surface area contributed by atoms with Crippen molar-refractivity contribution in [1.82, 2.24) is 0 Å². The lowest BCUT2D eigenvalue weighted by atomic mass is 9.91.